The van der Waals surface area contributed by atoms with Gasteiger partial charge in [0.25, 0.3) is 0 Å². The number of hydrogen-bond donors (Lipinski definition) is 1. The largest absolute Gasteiger partial charge is 0.339 e. The number of nitrogens with zero attached hydrogens (tertiary/aromatic N) is 2. The third-order valence-corrected chi connectivity index (χ3v) is 2.94. The van der Waals surface area contributed by atoms with Crippen LogP contribution in [0.1, 0.15) is 17.3 Å². The highest BCUT2D eigenvalue weighted by Gasteiger charge is 2.11. The number of carbonyl (C=O) groups excluding carboxylic acids is 1. The highest BCUT2D eigenvalue weighted by atomic mass is 79.9. The summed E-state index contributed by atoms with van der Waals surface area (Å²) in [7, 11) is 0. The summed E-state index contributed by atoms with van der Waals surface area (Å²) in [6.45, 7) is 3.69. The lowest BCUT2D eigenvalue weighted by molar-refractivity contribution is -0.115. The van der Waals surface area contributed by atoms with Gasteiger partial charge in [-0.1, -0.05) is 11.2 Å². The van der Waals surface area contributed by atoms with Crippen LogP contribution in [0.2, 0.25) is 0 Å². The van der Waals surface area contributed by atoms with Crippen LogP contribution < -0.4 is 5.32 Å². The highest BCUT2D eigenvalue weighted by molar-refractivity contribution is 9.10. The van der Waals surface area contributed by atoms with Crippen LogP contribution in [0.15, 0.2) is 27.2 Å². The summed E-state index contributed by atoms with van der Waals surface area (Å²) in [4.78, 5) is 15.7. The normalized spacial score (nSPS) is 10.4. The maximum atomic E-state index is 11.8. The van der Waals surface area contributed by atoms with Crippen LogP contribution in [0.4, 0.5) is 5.69 Å². The summed E-state index contributed by atoms with van der Waals surface area (Å²) in [5.74, 6) is 0.644. The maximum Gasteiger partial charge on any atom is 0.236 e. The lowest BCUT2D eigenvalue weighted by Gasteiger charge is -2.06. The molecule has 0 aliphatic heterocycles. The van der Waals surface area contributed by atoms with E-state index in [0.29, 0.717) is 11.7 Å². The lowest BCUT2D eigenvalue weighted by Crippen LogP contribution is -2.15. The molecule has 0 aliphatic carbocycles. The number of benzene rings is 1. The molecule has 1 aromatic heterocycles. The first-order valence-corrected chi connectivity index (χ1v) is 6.19. The molecule has 1 aromatic carbocycles. The maximum absolute atomic E-state index is 11.8. The molecule has 0 bridgehead atoms. The molecule has 0 atom stereocenters. The van der Waals surface area contributed by atoms with Crippen molar-refractivity contribution in [3.05, 3.63) is 40.0 Å². The second-order valence-corrected chi connectivity index (χ2v) is 4.80. The van der Waals surface area contributed by atoms with Crippen LogP contribution in [0, 0.1) is 13.8 Å². The molecule has 0 unspecified atom stereocenters. The van der Waals surface area contributed by atoms with Crippen molar-refractivity contribution in [3.63, 3.8) is 0 Å². The van der Waals surface area contributed by atoms with Crippen molar-refractivity contribution in [2.75, 3.05) is 5.32 Å². The predicted molar refractivity (Wildman–Crippen MR) is 70.2 cm³/mol. The van der Waals surface area contributed by atoms with Gasteiger partial charge in [-0.05, 0) is 47.5 Å². The van der Waals surface area contributed by atoms with E-state index in [9.17, 15) is 4.79 Å². The monoisotopic (exact) mass is 309 g/mol. The number of amides is 1. The fraction of sp³-hybridized carbons (Fsp3) is 0.250. The second kappa shape index (κ2) is 5.30. The molecule has 0 saturated carbocycles. The molecule has 1 amide bonds. The molecule has 2 rings (SSSR count). The Morgan fingerprint density at radius 2 is 2.22 bits per heavy atom. The Kier molecular flexibility index (Phi) is 3.76. The first-order valence-electron chi connectivity index (χ1n) is 5.40. The van der Waals surface area contributed by atoms with Crippen molar-refractivity contribution in [1.82, 2.24) is 10.1 Å². The van der Waals surface area contributed by atoms with Crippen molar-refractivity contribution in [1.29, 1.82) is 0 Å². The number of rotatable bonds is 3. The SMILES string of the molecule is Cc1ccc(NC(=O)Cc2nc(C)no2)c(Br)c1. The van der Waals surface area contributed by atoms with Crippen molar-refractivity contribution in [2.45, 2.75) is 20.3 Å². The minimum atomic E-state index is -0.191. The molecule has 6 heteroatoms. The molecule has 1 N–H and O–H groups in total. The van der Waals surface area contributed by atoms with Crippen LogP contribution in [0.3, 0.4) is 0 Å². The fourth-order valence-electron chi connectivity index (χ4n) is 1.47. The van der Waals surface area contributed by atoms with Gasteiger partial charge in [0.2, 0.25) is 11.8 Å². The molecule has 0 spiro atoms. The number of aryl methyl sites for hydroxylation is 2. The summed E-state index contributed by atoms with van der Waals surface area (Å²) in [5, 5.41) is 6.41. The van der Waals surface area contributed by atoms with E-state index in [-0.39, 0.29) is 12.3 Å². The zero-order chi connectivity index (χ0) is 13.1. The van der Waals surface area contributed by atoms with Gasteiger partial charge >= 0.3 is 0 Å². The van der Waals surface area contributed by atoms with Gasteiger partial charge < -0.3 is 9.84 Å². The summed E-state index contributed by atoms with van der Waals surface area (Å²) in [6.07, 6.45) is 0.0706. The Bertz CT molecular complexity index is 580. The molecule has 5 nitrogen and oxygen atoms in total. The zero-order valence-electron chi connectivity index (χ0n) is 10.0. The molecule has 0 saturated heterocycles. The molecule has 0 aliphatic rings. The first kappa shape index (κ1) is 12.8. The Labute approximate surface area is 113 Å². The van der Waals surface area contributed by atoms with Gasteiger partial charge in [0.05, 0.1) is 5.69 Å². The van der Waals surface area contributed by atoms with Gasteiger partial charge in [-0.3, -0.25) is 4.79 Å². The lowest BCUT2D eigenvalue weighted by atomic mass is 10.2. The quantitative estimate of drug-likeness (QED) is 0.946. The highest BCUT2D eigenvalue weighted by Crippen LogP contribution is 2.23. The van der Waals surface area contributed by atoms with E-state index in [1.807, 2.05) is 25.1 Å². The standard InChI is InChI=1S/C12H12BrN3O2/c1-7-3-4-10(9(13)5-7)15-11(17)6-12-14-8(2)16-18-12/h3-5H,6H2,1-2H3,(H,15,17). The Morgan fingerprint density at radius 1 is 1.44 bits per heavy atom. The number of hydrogen-bond acceptors (Lipinski definition) is 4. The van der Waals surface area contributed by atoms with Gasteiger partial charge in [0.1, 0.15) is 6.42 Å². The van der Waals surface area contributed by atoms with Crippen LogP contribution in [0.5, 0.6) is 0 Å². The minimum Gasteiger partial charge on any atom is -0.339 e. The first-order chi connectivity index (χ1) is 8.54. The van der Waals surface area contributed by atoms with Crippen LogP contribution >= 0.6 is 15.9 Å². The van der Waals surface area contributed by atoms with Crippen molar-refractivity contribution < 1.29 is 9.32 Å². The van der Waals surface area contributed by atoms with Crippen molar-refractivity contribution >= 4 is 27.5 Å². The van der Waals surface area contributed by atoms with Crippen molar-refractivity contribution in [3.8, 4) is 0 Å². The van der Waals surface area contributed by atoms with Crippen LogP contribution in [-0.2, 0) is 11.2 Å². The number of aromatic nitrogens is 2. The van der Waals surface area contributed by atoms with E-state index in [2.05, 4.69) is 31.4 Å². The molecule has 0 fully saturated rings. The van der Waals surface area contributed by atoms with Crippen LogP contribution in [0.25, 0.3) is 0 Å². The molecule has 1 heterocycles. The Morgan fingerprint density at radius 3 is 2.83 bits per heavy atom. The topological polar surface area (TPSA) is 68.0 Å². The average molecular weight is 310 g/mol. The number of nitrogens with one attached hydrogen (secondary N) is 1. The van der Waals surface area contributed by atoms with Gasteiger partial charge in [0.15, 0.2) is 5.82 Å². The fourth-order valence-corrected chi connectivity index (χ4v) is 2.06. The van der Waals surface area contributed by atoms with Gasteiger partial charge in [-0.15, -0.1) is 0 Å². The predicted octanol–water partition coefficient (Wildman–Crippen LogP) is 2.63. The molecule has 18 heavy (non-hydrogen) atoms. The van der Waals surface area contributed by atoms with E-state index < -0.39 is 0 Å². The van der Waals surface area contributed by atoms with Crippen LogP contribution in [-0.4, -0.2) is 16.0 Å². The number of carbonyl (C=O) groups is 1. The third kappa shape index (κ3) is 3.16. The summed E-state index contributed by atoms with van der Waals surface area (Å²) in [5.41, 5.74) is 1.84. The molecule has 94 valence electrons. The molecule has 0 radical (unpaired) electrons. The van der Waals surface area contributed by atoms with Gasteiger partial charge in [-0.25, -0.2) is 0 Å². The van der Waals surface area contributed by atoms with E-state index in [0.717, 1.165) is 15.7 Å². The number of anilines is 1. The van der Waals surface area contributed by atoms with Crippen molar-refractivity contribution in [2.24, 2.45) is 0 Å². The molecular weight excluding hydrogens is 298 g/mol. The average Bonchev–Trinajstić information content (AvgIpc) is 2.68. The second-order valence-electron chi connectivity index (χ2n) is 3.94. The summed E-state index contributed by atoms with van der Waals surface area (Å²) >= 11 is 3.40. The summed E-state index contributed by atoms with van der Waals surface area (Å²) in [6, 6.07) is 5.71. The van der Waals surface area contributed by atoms with E-state index in [4.69, 9.17) is 4.52 Å². The Hall–Kier alpha value is -1.69. The third-order valence-electron chi connectivity index (χ3n) is 2.28. The van der Waals surface area contributed by atoms with E-state index >= 15 is 0 Å². The smallest absolute Gasteiger partial charge is 0.236 e. The summed E-state index contributed by atoms with van der Waals surface area (Å²) < 4.78 is 5.73. The zero-order valence-corrected chi connectivity index (χ0v) is 11.6. The van der Waals surface area contributed by atoms with Gasteiger partial charge in [0, 0.05) is 4.47 Å². The Balaban J connectivity index is 2.03. The number of halogens is 1. The van der Waals surface area contributed by atoms with E-state index in [1.165, 1.54) is 0 Å². The molecular formula is C12H12BrN3O2. The minimum absolute atomic E-state index is 0.0706. The van der Waals surface area contributed by atoms with E-state index in [1.54, 1.807) is 6.92 Å². The molecule has 2 aromatic rings. The van der Waals surface area contributed by atoms with Gasteiger partial charge in [-0.2, -0.15) is 4.98 Å².